The summed E-state index contributed by atoms with van der Waals surface area (Å²) in [7, 11) is 3.71. The molecule has 1 saturated heterocycles. The predicted octanol–water partition coefficient (Wildman–Crippen LogP) is 2.66. The molecule has 5 nitrogen and oxygen atoms in total. The summed E-state index contributed by atoms with van der Waals surface area (Å²) in [6.45, 7) is 5.95. The molecule has 0 aromatic rings. The van der Waals surface area contributed by atoms with E-state index in [0.717, 1.165) is 38.7 Å². The number of aliphatic imine (C=N–C) groups is 1. The molecule has 2 aliphatic carbocycles. The average molecular weight is 338 g/mol. The molecule has 5 heteroatoms. The summed E-state index contributed by atoms with van der Waals surface area (Å²) < 4.78 is 11.4. The van der Waals surface area contributed by atoms with Gasteiger partial charge in [-0.15, -0.1) is 0 Å². The Balaban J connectivity index is 1.61. The smallest absolute Gasteiger partial charge is 0.193 e. The lowest BCUT2D eigenvalue weighted by molar-refractivity contribution is -0.146. The van der Waals surface area contributed by atoms with Gasteiger partial charge >= 0.3 is 0 Å². The van der Waals surface area contributed by atoms with E-state index in [2.05, 4.69) is 22.1 Å². The lowest BCUT2D eigenvalue weighted by Crippen LogP contribution is -2.66. The standard InChI is InChI=1S/C19H35N3O2/c1-4-24-17-12-16(19(17)9-6-5-7-10-19)21-18(20-2)22-11-8-15(13-22)14-23-3/h15-17H,4-14H2,1-3H3,(H,20,21). The number of ether oxygens (including phenoxy) is 2. The monoisotopic (exact) mass is 337 g/mol. The maximum absolute atomic E-state index is 6.08. The lowest BCUT2D eigenvalue weighted by atomic mass is 9.55. The third-order valence-corrected chi connectivity index (χ3v) is 6.44. The number of methoxy groups -OCH3 is 1. The number of hydrogen-bond donors (Lipinski definition) is 1. The molecule has 3 atom stereocenters. The summed E-state index contributed by atoms with van der Waals surface area (Å²) in [6, 6.07) is 0.523. The van der Waals surface area contributed by atoms with Gasteiger partial charge in [0.1, 0.15) is 0 Å². The summed E-state index contributed by atoms with van der Waals surface area (Å²) in [5, 5.41) is 3.81. The highest BCUT2D eigenvalue weighted by atomic mass is 16.5. The van der Waals surface area contributed by atoms with Gasteiger partial charge in [-0.25, -0.2) is 0 Å². The third kappa shape index (κ3) is 3.43. The van der Waals surface area contributed by atoms with Crippen LogP contribution in [0.25, 0.3) is 0 Å². The minimum atomic E-state index is 0.343. The van der Waals surface area contributed by atoms with E-state index >= 15 is 0 Å². The summed E-state index contributed by atoms with van der Waals surface area (Å²) in [4.78, 5) is 7.00. The van der Waals surface area contributed by atoms with Gasteiger partial charge in [0.2, 0.25) is 0 Å². The van der Waals surface area contributed by atoms with Gasteiger partial charge in [-0.1, -0.05) is 19.3 Å². The summed E-state index contributed by atoms with van der Waals surface area (Å²) in [6.07, 6.45) is 9.45. The van der Waals surface area contributed by atoms with Crippen molar-refractivity contribution in [3.8, 4) is 0 Å². The van der Waals surface area contributed by atoms with Crippen LogP contribution in [-0.4, -0.2) is 63.5 Å². The number of nitrogens with zero attached hydrogens (tertiary/aromatic N) is 2. The normalized spacial score (nSPS) is 32.9. The van der Waals surface area contributed by atoms with Crippen LogP contribution in [0.2, 0.25) is 0 Å². The molecular formula is C19H35N3O2. The Kier molecular flexibility index (Phi) is 6.03. The van der Waals surface area contributed by atoms with Crippen molar-refractivity contribution in [1.29, 1.82) is 0 Å². The van der Waals surface area contributed by atoms with Gasteiger partial charge in [0.25, 0.3) is 0 Å². The Labute approximate surface area is 147 Å². The third-order valence-electron chi connectivity index (χ3n) is 6.44. The van der Waals surface area contributed by atoms with Crippen molar-refractivity contribution in [3.63, 3.8) is 0 Å². The number of guanidine groups is 1. The number of nitrogens with one attached hydrogen (secondary N) is 1. The molecule has 3 rings (SSSR count). The molecule has 0 amide bonds. The summed E-state index contributed by atoms with van der Waals surface area (Å²) in [5.41, 5.74) is 0.343. The minimum Gasteiger partial charge on any atom is -0.384 e. The van der Waals surface area contributed by atoms with Crippen molar-refractivity contribution in [2.24, 2.45) is 16.3 Å². The molecule has 1 heterocycles. The molecule has 0 bridgehead atoms. The van der Waals surface area contributed by atoms with Gasteiger partial charge in [0.05, 0.1) is 12.7 Å². The molecule has 138 valence electrons. The van der Waals surface area contributed by atoms with Crippen LogP contribution in [0.4, 0.5) is 0 Å². The Hall–Kier alpha value is -0.810. The van der Waals surface area contributed by atoms with Crippen molar-refractivity contribution in [2.75, 3.05) is 40.5 Å². The van der Waals surface area contributed by atoms with E-state index in [1.165, 1.54) is 38.5 Å². The van der Waals surface area contributed by atoms with Crippen LogP contribution < -0.4 is 5.32 Å². The van der Waals surface area contributed by atoms with Crippen LogP contribution in [0.5, 0.6) is 0 Å². The highest BCUT2D eigenvalue weighted by Crippen LogP contribution is 2.53. The van der Waals surface area contributed by atoms with E-state index in [1.54, 1.807) is 7.11 Å². The van der Waals surface area contributed by atoms with Crippen molar-refractivity contribution in [1.82, 2.24) is 10.2 Å². The quantitative estimate of drug-likeness (QED) is 0.619. The Morgan fingerprint density at radius 3 is 2.75 bits per heavy atom. The average Bonchev–Trinajstić information content (AvgIpc) is 3.07. The molecule has 3 fully saturated rings. The molecule has 0 aromatic heterocycles. The summed E-state index contributed by atoms with van der Waals surface area (Å²) in [5.74, 6) is 1.72. The van der Waals surface area contributed by atoms with E-state index in [1.807, 2.05) is 7.05 Å². The topological polar surface area (TPSA) is 46.1 Å². The maximum atomic E-state index is 6.08. The first-order valence-corrected chi connectivity index (χ1v) is 9.82. The number of rotatable bonds is 5. The molecule has 3 aliphatic rings. The minimum absolute atomic E-state index is 0.343. The Bertz CT molecular complexity index is 434. The van der Waals surface area contributed by atoms with Crippen LogP contribution in [0.3, 0.4) is 0 Å². The fourth-order valence-corrected chi connectivity index (χ4v) is 5.12. The second kappa shape index (κ2) is 8.05. The van der Waals surface area contributed by atoms with Crippen molar-refractivity contribution in [3.05, 3.63) is 0 Å². The molecule has 24 heavy (non-hydrogen) atoms. The first-order chi connectivity index (χ1) is 11.7. The van der Waals surface area contributed by atoms with Crippen LogP contribution in [0, 0.1) is 11.3 Å². The molecular weight excluding hydrogens is 302 g/mol. The van der Waals surface area contributed by atoms with E-state index < -0.39 is 0 Å². The Morgan fingerprint density at radius 1 is 1.29 bits per heavy atom. The zero-order valence-corrected chi connectivity index (χ0v) is 15.7. The second-order valence-electron chi connectivity index (χ2n) is 7.77. The zero-order valence-electron chi connectivity index (χ0n) is 15.7. The summed E-state index contributed by atoms with van der Waals surface area (Å²) >= 11 is 0. The van der Waals surface area contributed by atoms with Crippen molar-refractivity contribution < 1.29 is 9.47 Å². The largest absolute Gasteiger partial charge is 0.384 e. The predicted molar refractivity (Wildman–Crippen MR) is 97.4 cm³/mol. The first-order valence-electron chi connectivity index (χ1n) is 9.82. The second-order valence-corrected chi connectivity index (χ2v) is 7.77. The highest BCUT2D eigenvalue weighted by molar-refractivity contribution is 5.80. The zero-order chi connectivity index (χ0) is 17.0. The van der Waals surface area contributed by atoms with Crippen molar-refractivity contribution in [2.45, 2.75) is 64.0 Å². The van der Waals surface area contributed by atoms with Gasteiger partial charge in [-0.2, -0.15) is 0 Å². The molecule has 0 aromatic carbocycles. The van der Waals surface area contributed by atoms with Gasteiger partial charge in [0.15, 0.2) is 5.96 Å². The van der Waals surface area contributed by atoms with Crippen molar-refractivity contribution >= 4 is 5.96 Å². The fraction of sp³-hybridized carbons (Fsp3) is 0.947. The SMILES string of the molecule is CCOC1CC(NC(=NC)N2CCC(COC)C2)C12CCCCC2. The molecule has 2 saturated carbocycles. The van der Waals surface area contributed by atoms with Gasteiger partial charge < -0.3 is 19.7 Å². The van der Waals surface area contributed by atoms with E-state index in [9.17, 15) is 0 Å². The molecule has 0 radical (unpaired) electrons. The van der Waals surface area contributed by atoms with Gasteiger partial charge in [-0.3, -0.25) is 4.99 Å². The van der Waals surface area contributed by atoms with E-state index in [-0.39, 0.29) is 0 Å². The number of hydrogen-bond acceptors (Lipinski definition) is 3. The van der Waals surface area contributed by atoms with Crippen LogP contribution in [-0.2, 0) is 9.47 Å². The first kappa shape index (κ1) is 18.0. The molecule has 3 unspecified atom stereocenters. The van der Waals surface area contributed by atoms with Gasteiger partial charge in [0, 0.05) is 51.2 Å². The maximum Gasteiger partial charge on any atom is 0.193 e. The van der Waals surface area contributed by atoms with E-state index in [4.69, 9.17) is 9.47 Å². The van der Waals surface area contributed by atoms with E-state index in [0.29, 0.717) is 23.5 Å². The van der Waals surface area contributed by atoms with Crippen LogP contribution >= 0.6 is 0 Å². The molecule has 1 aliphatic heterocycles. The van der Waals surface area contributed by atoms with Crippen LogP contribution in [0.1, 0.15) is 51.9 Å². The lowest BCUT2D eigenvalue weighted by Gasteiger charge is -2.58. The number of likely N-dealkylation sites (tertiary alicyclic amines) is 1. The molecule has 1 N–H and O–H groups in total. The Morgan fingerprint density at radius 2 is 2.08 bits per heavy atom. The van der Waals surface area contributed by atoms with Crippen LogP contribution in [0.15, 0.2) is 4.99 Å². The fourth-order valence-electron chi connectivity index (χ4n) is 5.12. The highest BCUT2D eigenvalue weighted by Gasteiger charge is 2.56. The molecule has 1 spiro atoms. The van der Waals surface area contributed by atoms with Gasteiger partial charge in [-0.05, 0) is 32.6 Å².